The van der Waals surface area contributed by atoms with Gasteiger partial charge in [-0.05, 0) is 23.8 Å². The fourth-order valence-corrected chi connectivity index (χ4v) is 2.53. The molecular formula is C11H13Cl2NO. The van der Waals surface area contributed by atoms with Crippen molar-refractivity contribution in [3.05, 3.63) is 33.8 Å². The summed E-state index contributed by atoms with van der Waals surface area (Å²) in [6, 6.07) is 5.49. The maximum absolute atomic E-state index is 9.24. The van der Waals surface area contributed by atoms with Gasteiger partial charge in [0.2, 0.25) is 0 Å². The summed E-state index contributed by atoms with van der Waals surface area (Å²) in [7, 11) is 0. The lowest BCUT2D eigenvalue weighted by molar-refractivity contribution is 0.226. The van der Waals surface area contributed by atoms with Crippen LogP contribution in [0.3, 0.4) is 0 Å². The number of halogens is 2. The molecule has 1 aliphatic rings. The van der Waals surface area contributed by atoms with E-state index < -0.39 is 0 Å². The summed E-state index contributed by atoms with van der Waals surface area (Å²) in [5.74, 6) is 0.502. The van der Waals surface area contributed by atoms with Gasteiger partial charge in [0, 0.05) is 41.6 Å². The molecule has 0 saturated carbocycles. The van der Waals surface area contributed by atoms with Crippen LogP contribution in [0.1, 0.15) is 11.5 Å². The molecule has 1 aromatic carbocycles. The lowest BCUT2D eigenvalue weighted by atomic mass is 9.89. The molecule has 82 valence electrons. The van der Waals surface area contributed by atoms with E-state index in [1.54, 1.807) is 6.07 Å². The van der Waals surface area contributed by atoms with Crippen molar-refractivity contribution >= 4 is 23.2 Å². The Morgan fingerprint density at radius 2 is 2.13 bits per heavy atom. The van der Waals surface area contributed by atoms with Crippen LogP contribution in [0.5, 0.6) is 0 Å². The predicted molar refractivity (Wildman–Crippen MR) is 62.6 cm³/mol. The van der Waals surface area contributed by atoms with E-state index in [2.05, 4.69) is 5.32 Å². The molecule has 0 unspecified atom stereocenters. The highest BCUT2D eigenvalue weighted by Crippen LogP contribution is 2.34. The number of aliphatic hydroxyl groups excluding tert-OH is 1. The van der Waals surface area contributed by atoms with Gasteiger partial charge in [0.15, 0.2) is 0 Å². The van der Waals surface area contributed by atoms with Crippen molar-refractivity contribution in [3.63, 3.8) is 0 Å². The number of nitrogens with one attached hydrogen (secondary N) is 1. The minimum atomic E-state index is 0.181. The lowest BCUT2D eigenvalue weighted by Crippen LogP contribution is -2.15. The van der Waals surface area contributed by atoms with Crippen LogP contribution in [0.15, 0.2) is 18.2 Å². The second-order valence-electron chi connectivity index (χ2n) is 3.87. The van der Waals surface area contributed by atoms with Crippen LogP contribution < -0.4 is 5.32 Å². The maximum atomic E-state index is 9.24. The number of rotatable bonds is 2. The first-order chi connectivity index (χ1) is 7.22. The van der Waals surface area contributed by atoms with Gasteiger partial charge in [0.1, 0.15) is 0 Å². The molecule has 1 saturated heterocycles. The molecule has 1 fully saturated rings. The molecule has 15 heavy (non-hydrogen) atoms. The van der Waals surface area contributed by atoms with E-state index in [9.17, 15) is 5.11 Å². The molecule has 0 bridgehead atoms. The predicted octanol–water partition coefficient (Wildman–Crippen LogP) is 2.29. The Morgan fingerprint density at radius 1 is 1.33 bits per heavy atom. The molecule has 2 N–H and O–H groups in total. The zero-order valence-corrected chi connectivity index (χ0v) is 9.72. The summed E-state index contributed by atoms with van der Waals surface area (Å²) in [6.07, 6.45) is 0. The van der Waals surface area contributed by atoms with E-state index >= 15 is 0 Å². The molecule has 0 spiro atoms. The molecule has 1 heterocycles. The van der Waals surface area contributed by atoms with Crippen LogP contribution in [0.4, 0.5) is 0 Å². The summed E-state index contributed by atoms with van der Waals surface area (Å²) in [5, 5.41) is 13.9. The third-order valence-corrected chi connectivity index (χ3v) is 3.51. The zero-order valence-electron chi connectivity index (χ0n) is 8.21. The number of aliphatic hydroxyl groups is 1. The summed E-state index contributed by atoms with van der Waals surface area (Å²) in [5.41, 5.74) is 1.04. The van der Waals surface area contributed by atoms with Crippen LogP contribution in [-0.2, 0) is 0 Å². The number of hydrogen-bond acceptors (Lipinski definition) is 2. The van der Waals surface area contributed by atoms with Crippen LogP contribution in [-0.4, -0.2) is 24.8 Å². The summed E-state index contributed by atoms with van der Waals surface area (Å²) < 4.78 is 0. The van der Waals surface area contributed by atoms with Crippen molar-refractivity contribution in [2.45, 2.75) is 5.92 Å². The Bertz CT molecular complexity index is 356. The molecule has 2 rings (SSSR count). The van der Waals surface area contributed by atoms with Crippen molar-refractivity contribution in [1.29, 1.82) is 0 Å². The molecule has 2 atom stereocenters. The first-order valence-corrected chi connectivity index (χ1v) is 5.74. The first-order valence-electron chi connectivity index (χ1n) is 4.99. The smallest absolute Gasteiger partial charge is 0.0477 e. The van der Waals surface area contributed by atoms with Gasteiger partial charge >= 0.3 is 0 Å². The van der Waals surface area contributed by atoms with Gasteiger partial charge < -0.3 is 10.4 Å². The Balaban J connectivity index is 2.31. The minimum absolute atomic E-state index is 0.181. The van der Waals surface area contributed by atoms with E-state index in [1.165, 1.54) is 0 Å². The molecule has 4 heteroatoms. The third kappa shape index (κ3) is 2.28. The fraction of sp³-hybridized carbons (Fsp3) is 0.455. The Kier molecular flexibility index (Phi) is 3.52. The van der Waals surface area contributed by atoms with E-state index in [0.717, 1.165) is 23.7 Å². The van der Waals surface area contributed by atoms with Gasteiger partial charge in [0.25, 0.3) is 0 Å². The van der Waals surface area contributed by atoms with Crippen molar-refractivity contribution in [2.24, 2.45) is 5.92 Å². The summed E-state index contributed by atoms with van der Waals surface area (Å²) >= 11 is 12.1. The SMILES string of the molecule is OC[C@@H]1CNC[C@H]1c1cc(Cl)ccc1Cl. The monoisotopic (exact) mass is 245 g/mol. The standard InChI is InChI=1S/C11H13Cl2NO/c12-8-1-2-11(13)9(3-8)10-5-14-4-7(10)6-15/h1-3,7,10,14-15H,4-6H2/t7-,10+/m0/s1. The van der Waals surface area contributed by atoms with Gasteiger partial charge in [-0.1, -0.05) is 23.2 Å². The highest BCUT2D eigenvalue weighted by Gasteiger charge is 2.29. The van der Waals surface area contributed by atoms with Gasteiger partial charge in [-0.3, -0.25) is 0 Å². The molecule has 1 aromatic rings. The maximum Gasteiger partial charge on any atom is 0.0477 e. The zero-order chi connectivity index (χ0) is 10.8. The molecular weight excluding hydrogens is 233 g/mol. The molecule has 0 aliphatic carbocycles. The number of hydrogen-bond donors (Lipinski definition) is 2. The topological polar surface area (TPSA) is 32.3 Å². The van der Waals surface area contributed by atoms with Crippen LogP contribution in [0.2, 0.25) is 10.0 Å². The van der Waals surface area contributed by atoms with E-state index in [1.807, 2.05) is 12.1 Å². The van der Waals surface area contributed by atoms with Crippen LogP contribution in [0, 0.1) is 5.92 Å². The Hall–Kier alpha value is -0.280. The highest BCUT2D eigenvalue weighted by molar-refractivity contribution is 6.33. The molecule has 0 radical (unpaired) electrons. The molecule has 0 amide bonds. The summed E-state index contributed by atoms with van der Waals surface area (Å²) in [4.78, 5) is 0. The van der Waals surface area contributed by atoms with Crippen molar-refractivity contribution in [3.8, 4) is 0 Å². The highest BCUT2D eigenvalue weighted by atomic mass is 35.5. The molecule has 0 aromatic heterocycles. The molecule has 1 aliphatic heterocycles. The first kappa shape index (κ1) is 11.2. The Morgan fingerprint density at radius 3 is 2.87 bits per heavy atom. The normalized spacial score (nSPS) is 25.8. The van der Waals surface area contributed by atoms with Gasteiger partial charge in [-0.2, -0.15) is 0 Å². The van der Waals surface area contributed by atoms with E-state index in [-0.39, 0.29) is 18.4 Å². The number of benzene rings is 1. The third-order valence-electron chi connectivity index (χ3n) is 2.93. The average molecular weight is 246 g/mol. The fourth-order valence-electron chi connectivity index (χ4n) is 2.09. The minimum Gasteiger partial charge on any atom is -0.396 e. The van der Waals surface area contributed by atoms with E-state index in [4.69, 9.17) is 23.2 Å². The largest absolute Gasteiger partial charge is 0.396 e. The van der Waals surface area contributed by atoms with Crippen LogP contribution in [0.25, 0.3) is 0 Å². The van der Waals surface area contributed by atoms with Gasteiger partial charge in [-0.25, -0.2) is 0 Å². The van der Waals surface area contributed by atoms with Gasteiger partial charge in [0.05, 0.1) is 0 Å². The van der Waals surface area contributed by atoms with Crippen molar-refractivity contribution < 1.29 is 5.11 Å². The molecule has 2 nitrogen and oxygen atoms in total. The quantitative estimate of drug-likeness (QED) is 0.839. The second kappa shape index (κ2) is 4.71. The van der Waals surface area contributed by atoms with Gasteiger partial charge in [-0.15, -0.1) is 0 Å². The lowest BCUT2D eigenvalue weighted by Gasteiger charge is -2.18. The summed E-state index contributed by atoms with van der Waals surface area (Å²) in [6.45, 7) is 1.87. The van der Waals surface area contributed by atoms with Crippen LogP contribution >= 0.6 is 23.2 Å². The van der Waals surface area contributed by atoms with Crippen molar-refractivity contribution in [1.82, 2.24) is 5.32 Å². The van der Waals surface area contributed by atoms with E-state index in [0.29, 0.717) is 5.02 Å². The van der Waals surface area contributed by atoms with Crippen molar-refractivity contribution in [2.75, 3.05) is 19.7 Å². The Labute approximate surface area is 99.2 Å². The second-order valence-corrected chi connectivity index (χ2v) is 4.72. The average Bonchev–Trinajstić information content (AvgIpc) is 2.69.